The van der Waals surface area contributed by atoms with Crippen LogP contribution in [0.25, 0.3) is 0 Å². The third-order valence-electron chi connectivity index (χ3n) is 4.61. The number of anilines is 1. The standard InChI is InChI=1S/C16H20N2O5S/c1-11(19)18-14-6-5-13(9-12(14)10-15(18)16(20)21)24(22,23)17-7-3-2-4-8-17/h5-6,9,15H,2-4,7-8,10H2,1H3,(H,20,21)/t15-/m1/s1. The average molecular weight is 352 g/mol. The number of carbonyl (C=O) groups is 2. The quantitative estimate of drug-likeness (QED) is 0.883. The minimum atomic E-state index is -3.58. The van der Waals surface area contributed by atoms with Crippen molar-refractivity contribution in [1.82, 2.24) is 4.31 Å². The van der Waals surface area contributed by atoms with Gasteiger partial charge < -0.3 is 5.11 Å². The highest BCUT2D eigenvalue weighted by Crippen LogP contribution is 2.35. The number of piperidine rings is 1. The molecule has 1 N–H and O–H groups in total. The lowest BCUT2D eigenvalue weighted by molar-refractivity contribution is -0.139. The second-order valence-corrected chi connectivity index (χ2v) is 8.14. The Morgan fingerprint density at radius 2 is 1.83 bits per heavy atom. The van der Waals surface area contributed by atoms with Crippen LogP contribution in [-0.2, 0) is 26.0 Å². The minimum Gasteiger partial charge on any atom is -0.480 e. The van der Waals surface area contributed by atoms with Gasteiger partial charge >= 0.3 is 5.97 Å². The molecule has 0 aromatic heterocycles. The van der Waals surface area contributed by atoms with Crippen molar-refractivity contribution in [2.45, 2.75) is 43.5 Å². The molecule has 0 saturated carbocycles. The van der Waals surface area contributed by atoms with Gasteiger partial charge in [0, 0.05) is 32.1 Å². The van der Waals surface area contributed by atoms with Gasteiger partial charge in [-0.2, -0.15) is 4.31 Å². The Balaban J connectivity index is 1.97. The Bertz CT molecular complexity index is 784. The maximum absolute atomic E-state index is 12.7. The summed E-state index contributed by atoms with van der Waals surface area (Å²) >= 11 is 0. The SMILES string of the molecule is CC(=O)N1c2ccc(S(=O)(=O)N3CCCCC3)cc2C[C@@H]1C(=O)O. The number of nitrogens with zero attached hydrogens (tertiary/aromatic N) is 2. The van der Waals surface area contributed by atoms with E-state index in [4.69, 9.17) is 0 Å². The summed E-state index contributed by atoms with van der Waals surface area (Å²) in [5.41, 5.74) is 1.06. The number of aliphatic carboxylic acids is 1. The Kier molecular flexibility index (Phi) is 4.35. The zero-order valence-electron chi connectivity index (χ0n) is 13.4. The first-order chi connectivity index (χ1) is 11.3. The van der Waals surface area contributed by atoms with Gasteiger partial charge in [0.25, 0.3) is 0 Å². The van der Waals surface area contributed by atoms with Crippen molar-refractivity contribution in [1.29, 1.82) is 0 Å². The predicted octanol–water partition coefficient (Wildman–Crippen LogP) is 1.22. The van der Waals surface area contributed by atoms with E-state index in [2.05, 4.69) is 0 Å². The Labute approximate surface area is 140 Å². The molecule has 1 amide bonds. The highest BCUT2D eigenvalue weighted by atomic mass is 32.2. The van der Waals surface area contributed by atoms with Crippen molar-refractivity contribution >= 4 is 27.6 Å². The number of rotatable bonds is 3. The fourth-order valence-corrected chi connectivity index (χ4v) is 5.00. The number of carboxylic acids is 1. The highest BCUT2D eigenvalue weighted by Gasteiger charge is 2.38. The first-order valence-electron chi connectivity index (χ1n) is 7.98. The van der Waals surface area contributed by atoms with E-state index in [1.54, 1.807) is 0 Å². The minimum absolute atomic E-state index is 0.119. The lowest BCUT2D eigenvalue weighted by Crippen LogP contribution is -2.41. The highest BCUT2D eigenvalue weighted by molar-refractivity contribution is 7.89. The zero-order chi connectivity index (χ0) is 17.5. The molecule has 130 valence electrons. The van der Waals surface area contributed by atoms with Crippen LogP contribution >= 0.6 is 0 Å². The number of carboxylic acid groups (broad SMARTS) is 1. The molecular weight excluding hydrogens is 332 g/mol. The van der Waals surface area contributed by atoms with Crippen LogP contribution in [0.2, 0.25) is 0 Å². The number of hydrogen-bond acceptors (Lipinski definition) is 4. The van der Waals surface area contributed by atoms with E-state index in [0.717, 1.165) is 19.3 Å². The molecule has 7 nitrogen and oxygen atoms in total. The predicted molar refractivity (Wildman–Crippen MR) is 87.3 cm³/mol. The summed E-state index contributed by atoms with van der Waals surface area (Å²) < 4.78 is 27.0. The van der Waals surface area contributed by atoms with E-state index in [0.29, 0.717) is 24.3 Å². The van der Waals surface area contributed by atoms with Crippen LogP contribution in [0.3, 0.4) is 0 Å². The third-order valence-corrected chi connectivity index (χ3v) is 6.51. The Morgan fingerprint density at radius 3 is 2.42 bits per heavy atom. The molecule has 2 aliphatic rings. The van der Waals surface area contributed by atoms with Gasteiger partial charge in [-0.1, -0.05) is 6.42 Å². The molecule has 0 radical (unpaired) electrons. The van der Waals surface area contributed by atoms with E-state index < -0.39 is 22.0 Å². The first-order valence-corrected chi connectivity index (χ1v) is 9.42. The Hall–Kier alpha value is -1.93. The largest absolute Gasteiger partial charge is 0.480 e. The van der Waals surface area contributed by atoms with Crippen LogP contribution in [0.15, 0.2) is 23.1 Å². The summed E-state index contributed by atoms with van der Waals surface area (Å²) in [6, 6.07) is 3.53. The molecule has 0 aliphatic carbocycles. The molecule has 1 fully saturated rings. The van der Waals surface area contributed by atoms with Gasteiger partial charge in [-0.3, -0.25) is 9.69 Å². The molecule has 0 bridgehead atoms. The fraction of sp³-hybridized carbons (Fsp3) is 0.500. The molecule has 1 aromatic rings. The number of benzene rings is 1. The molecule has 0 spiro atoms. The number of hydrogen-bond donors (Lipinski definition) is 1. The Morgan fingerprint density at radius 1 is 1.17 bits per heavy atom. The number of sulfonamides is 1. The van der Waals surface area contributed by atoms with Crippen LogP contribution in [0.5, 0.6) is 0 Å². The van der Waals surface area contributed by atoms with Crippen LogP contribution < -0.4 is 4.90 Å². The van der Waals surface area contributed by atoms with Gasteiger partial charge in [0.15, 0.2) is 0 Å². The van der Waals surface area contributed by atoms with Crippen molar-refractivity contribution in [2.24, 2.45) is 0 Å². The smallest absolute Gasteiger partial charge is 0.327 e. The second-order valence-electron chi connectivity index (χ2n) is 6.20. The number of amides is 1. The van der Waals surface area contributed by atoms with Crippen LogP contribution in [0.1, 0.15) is 31.7 Å². The number of carbonyl (C=O) groups excluding carboxylic acids is 1. The van der Waals surface area contributed by atoms with Crippen LogP contribution in [0.4, 0.5) is 5.69 Å². The lowest BCUT2D eigenvalue weighted by Gasteiger charge is -2.26. The van der Waals surface area contributed by atoms with Crippen molar-refractivity contribution < 1.29 is 23.1 Å². The van der Waals surface area contributed by atoms with Gasteiger partial charge in [-0.15, -0.1) is 0 Å². The molecule has 2 heterocycles. The van der Waals surface area contributed by atoms with Gasteiger partial charge in [-0.05, 0) is 36.6 Å². The molecule has 0 unspecified atom stereocenters. The molecule has 8 heteroatoms. The molecular formula is C16H20N2O5S. The van der Waals surface area contributed by atoms with Crippen molar-refractivity contribution in [2.75, 3.05) is 18.0 Å². The normalized spacial score (nSPS) is 21.5. The second kappa shape index (κ2) is 6.18. The number of fused-ring (bicyclic) bond motifs is 1. The molecule has 2 aliphatic heterocycles. The first kappa shape index (κ1) is 16.9. The summed E-state index contributed by atoms with van der Waals surface area (Å²) in [5.74, 6) is -1.46. The van der Waals surface area contributed by atoms with Crippen LogP contribution in [0, 0.1) is 0 Å². The van der Waals surface area contributed by atoms with Crippen molar-refractivity contribution in [3.05, 3.63) is 23.8 Å². The monoisotopic (exact) mass is 352 g/mol. The van der Waals surface area contributed by atoms with Crippen LogP contribution in [-0.4, -0.2) is 48.8 Å². The molecule has 24 heavy (non-hydrogen) atoms. The zero-order valence-corrected chi connectivity index (χ0v) is 14.3. The topological polar surface area (TPSA) is 95.0 Å². The van der Waals surface area contributed by atoms with Gasteiger partial charge in [0.2, 0.25) is 15.9 Å². The third kappa shape index (κ3) is 2.80. The summed E-state index contributed by atoms with van der Waals surface area (Å²) in [6.07, 6.45) is 2.85. The summed E-state index contributed by atoms with van der Waals surface area (Å²) in [6.45, 7) is 2.33. The van der Waals surface area contributed by atoms with E-state index in [1.165, 1.54) is 34.3 Å². The molecule has 1 atom stereocenters. The summed E-state index contributed by atoms with van der Waals surface area (Å²) in [4.78, 5) is 24.6. The maximum Gasteiger partial charge on any atom is 0.327 e. The van der Waals surface area contributed by atoms with Gasteiger partial charge in [-0.25, -0.2) is 13.2 Å². The van der Waals surface area contributed by atoms with E-state index in [-0.39, 0.29) is 17.2 Å². The van der Waals surface area contributed by atoms with E-state index in [1.807, 2.05) is 0 Å². The van der Waals surface area contributed by atoms with E-state index in [9.17, 15) is 23.1 Å². The lowest BCUT2D eigenvalue weighted by atomic mass is 10.1. The maximum atomic E-state index is 12.7. The molecule has 1 aromatic carbocycles. The summed E-state index contributed by atoms with van der Waals surface area (Å²) in [5, 5.41) is 9.32. The molecule has 3 rings (SSSR count). The average Bonchev–Trinajstić information content (AvgIpc) is 2.94. The fourth-order valence-electron chi connectivity index (χ4n) is 3.43. The van der Waals surface area contributed by atoms with Crippen molar-refractivity contribution in [3.63, 3.8) is 0 Å². The van der Waals surface area contributed by atoms with Gasteiger partial charge in [0.1, 0.15) is 6.04 Å². The van der Waals surface area contributed by atoms with Crippen molar-refractivity contribution in [3.8, 4) is 0 Å². The molecule has 1 saturated heterocycles. The van der Waals surface area contributed by atoms with E-state index >= 15 is 0 Å². The van der Waals surface area contributed by atoms with Gasteiger partial charge in [0.05, 0.1) is 4.90 Å². The summed E-state index contributed by atoms with van der Waals surface area (Å²) in [7, 11) is -3.58.